The summed E-state index contributed by atoms with van der Waals surface area (Å²) < 4.78 is 12.8. The zero-order valence-corrected chi connectivity index (χ0v) is 11.1. The van der Waals surface area contributed by atoms with Crippen molar-refractivity contribution in [3.05, 3.63) is 12.4 Å². The zero-order chi connectivity index (χ0) is 12.6. The minimum Gasteiger partial charge on any atom is -0.385 e. The van der Waals surface area contributed by atoms with Gasteiger partial charge < -0.3 is 19.4 Å². The maximum absolute atomic E-state index is 5.60. The van der Waals surface area contributed by atoms with E-state index in [9.17, 15) is 0 Å². The molecule has 1 aliphatic rings. The van der Waals surface area contributed by atoms with E-state index >= 15 is 0 Å². The van der Waals surface area contributed by atoms with Gasteiger partial charge in [0.25, 0.3) is 0 Å². The van der Waals surface area contributed by atoms with E-state index in [-0.39, 0.29) is 0 Å². The van der Waals surface area contributed by atoms with Crippen LogP contribution in [0.4, 0.5) is 5.95 Å². The Balaban J connectivity index is 1.69. The van der Waals surface area contributed by atoms with Gasteiger partial charge in [-0.15, -0.1) is 0 Å². The van der Waals surface area contributed by atoms with Gasteiger partial charge >= 0.3 is 0 Å². The number of rotatable bonds is 8. The second kappa shape index (κ2) is 7.38. The summed E-state index contributed by atoms with van der Waals surface area (Å²) in [5.41, 5.74) is 0. The number of aromatic nitrogens is 2. The van der Waals surface area contributed by atoms with Gasteiger partial charge in [0.1, 0.15) is 0 Å². The Morgan fingerprint density at radius 1 is 1.61 bits per heavy atom. The van der Waals surface area contributed by atoms with Crippen molar-refractivity contribution in [1.29, 1.82) is 0 Å². The molecule has 1 N–H and O–H groups in total. The number of nitrogens with zero attached hydrogens (tertiary/aromatic N) is 2. The molecular weight excluding hydrogens is 230 g/mol. The molecule has 0 aliphatic carbocycles. The Hall–Kier alpha value is -1.07. The first-order chi connectivity index (χ1) is 8.90. The maximum atomic E-state index is 5.60. The molecule has 1 atom stereocenters. The van der Waals surface area contributed by atoms with Crippen LogP contribution in [0, 0.1) is 0 Å². The molecule has 0 spiro atoms. The van der Waals surface area contributed by atoms with Gasteiger partial charge in [-0.25, -0.2) is 4.98 Å². The molecule has 1 saturated heterocycles. The number of nitrogens with one attached hydrogen (secondary N) is 1. The molecule has 0 aromatic carbocycles. The monoisotopic (exact) mass is 253 g/mol. The highest BCUT2D eigenvalue weighted by Gasteiger charge is 2.14. The molecule has 0 radical (unpaired) electrons. The Labute approximate surface area is 108 Å². The number of imidazole rings is 1. The van der Waals surface area contributed by atoms with Crippen LogP contribution in [0.5, 0.6) is 0 Å². The summed E-state index contributed by atoms with van der Waals surface area (Å²) in [5.74, 6) is 0.948. The van der Waals surface area contributed by atoms with Gasteiger partial charge in [-0.1, -0.05) is 0 Å². The Morgan fingerprint density at radius 2 is 2.56 bits per heavy atom. The van der Waals surface area contributed by atoms with Crippen LogP contribution in [0.25, 0.3) is 0 Å². The first kappa shape index (κ1) is 13.4. The van der Waals surface area contributed by atoms with Crippen molar-refractivity contribution < 1.29 is 9.47 Å². The highest BCUT2D eigenvalue weighted by atomic mass is 16.5. The first-order valence-corrected chi connectivity index (χ1v) is 6.75. The van der Waals surface area contributed by atoms with Crippen molar-refractivity contribution in [3.63, 3.8) is 0 Å². The smallest absolute Gasteiger partial charge is 0.202 e. The van der Waals surface area contributed by atoms with E-state index in [4.69, 9.17) is 9.47 Å². The summed E-state index contributed by atoms with van der Waals surface area (Å²) in [6.45, 7) is 3.58. The summed E-state index contributed by atoms with van der Waals surface area (Å²) in [6, 6.07) is 0. The molecule has 18 heavy (non-hydrogen) atoms. The number of methoxy groups -OCH3 is 1. The van der Waals surface area contributed by atoms with Crippen molar-refractivity contribution in [3.8, 4) is 0 Å². The van der Waals surface area contributed by atoms with Crippen LogP contribution < -0.4 is 5.32 Å². The van der Waals surface area contributed by atoms with Gasteiger partial charge in [0.15, 0.2) is 0 Å². The molecule has 2 rings (SSSR count). The molecule has 0 saturated carbocycles. The number of ether oxygens (including phenoxy) is 2. The minimum atomic E-state index is 0.439. The lowest BCUT2D eigenvalue weighted by atomic mass is 10.2. The van der Waals surface area contributed by atoms with Crippen molar-refractivity contribution in [1.82, 2.24) is 9.55 Å². The Kier molecular flexibility index (Phi) is 5.48. The van der Waals surface area contributed by atoms with Crippen LogP contribution in [0.1, 0.15) is 25.7 Å². The zero-order valence-electron chi connectivity index (χ0n) is 11.1. The van der Waals surface area contributed by atoms with Gasteiger partial charge in [0.05, 0.1) is 6.10 Å². The van der Waals surface area contributed by atoms with Crippen LogP contribution >= 0.6 is 0 Å². The lowest BCUT2D eigenvalue weighted by Gasteiger charge is -2.12. The maximum Gasteiger partial charge on any atom is 0.202 e. The summed E-state index contributed by atoms with van der Waals surface area (Å²) >= 11 is 0. The molecule has 0 amide bonds. The van der Waals surface area contributed by atoms with Crippen molar-refractivity contribution >= 4 is 5.95 Å². The van der Waals surface area contributed by atoms with Crippen LogP contribution in [-0.4, -0.2) is 42.5 Å². The van der Waals surface area contributed by atoms with Crippen molar-refractivity contribution in [2.24, 2.45) is 0 Å². The number of anilines is 1. The summed E-state index contributed by atoms with van der Waals surface area (Å²) in [4.78, 5) is 4.33. The molecule has 1 aliphatic heterocycles. The fourth-order valence-electron chi connectivity index (χ4n) is 2.25. The van der Waals surface area contributed by atoms with Crippen LogP contribution in [0.2, 0.25) is 0 Å². The number of hydrogen-bond acceptors (Lipinski definition) is 4. The molecule has 5 nitrogen and oxygen atoms in total. The molecule has 1 unspecified atom stereocenters. The third kappa shape index (κ3) is 3.99. The second-order valence-corrected chi connectivity index (χ2v) is 4.64. The molecule has 5 heteroatoms. The lowest BCUT2D eigenvalue weighted by Crippen LogP contribution is -2.15. The van der Waals surface area contributed by atoms with E-state index in [1.165, 1.54) is 12.8 Å². The molecule has 2 heterocycles. The van der Waals surface area contributed by atoms with Crippen LogP contribution in [0.3, 0.4) is 0 Å². The molecule has 1 aromatic rings. The van der Waals surface area contributed by atoms with E-state index in [0.29, 0.717) is 6.10 Å². The van der Waals surface area contributed by atoms with Gasteiger partial charge in [0, 0.05) is 45.8 Å². The molecule has 1 fully saturated rings. The quantitative estimate of drug-likeness (QED) is 0.719. The van der Waals surface area contributed by atoms with Gasteiger partial charge in [-0.2, -0.15) is 0 Å². The van der Waals surface area contributed by atoms with E-state index in [1.807, 2.05) is 12.4 Å². The summed E-state index contributed by atoms with van der Waals surface area (Å²) in [7, 11) is 1.73. The fraction of sp³-hybridized carbons (Fsp3) is 0.769. The van der Waals surface area contributed by atoms with Gasteiger partial charge in [0.2, 0.25) is 5.95 Å². The fourth-order valence-corrected chi connectivity index (χ4v) is 2.25. The van der Waals surface area contributed by atoms with Crippen molar-refractivity contribution in [2.45, 2.75) is 38.3 Å². The first-order valence-electron chi connectivity index (χ1n) is 6.75. The summed E-state index contributed by atoms with van der Waals surface area (Å²) in [6.07, 6.45) is 8.75. The average Bonchev–Trinajstić information content (AvgIpc) is 3.02. The largest absolute Gasteiger partial charge is 0.385 e. The molecular formula is C13H23N3O2. The minimum absolute atomic E-state index is 0.439. The van der Waals surface area contributed by atoms with E-state index < -0.39 is 0 Å². The topological polar surface area (TPSA) is 48.3 Å². The molecule has 102 valence electrons. The van der Waals surface area contributed by atoms with Crippen LogP contribution in [-0.2, 0) is 16.0 Å². The third-order valence-corrected chi connectivity index (χ3v) is 3.24. The van der Waals surface area contributed by atoms with E-state index in [1.54, 1.807) is 7.11 Å². The highest BCUT2D eigenvalue weighted by molar-refractivity contribution is 5.25. The normalized spacial score (nSPS) is 19.3. The van der Waals surface area contributed by atoms with E-state index in [0.717, 1.165) is 45.1 Å². The number of hydrogen-bond donors (Lipinski definition) is 1. The standard InChI is InChI=1S/C13H23N3O2/c1-17-10-3-8-16-9-7-15-13(16)14-6-5-12-4-2-11-18-12/h7,9,12H,2-6,8,10-11H2,1H3,(H,14,15). The molecule has 0 bridgehead atoms. The third-order valence-electron chi connectivity index (χ3n) is 3.24. The SMILES string of the molecule is COCCCn1ccnc1NCCC1CCCO1. The second-order valence-electron chi connectivity index (χ2n) is 4.64. The average molecular weight is 253 g/mol. The predicted molar refractivity (Wildman–Crippen MR) is 70.8 cm³/mol. The number of aryl methyl sites for hydroxylation is 1. The summed E-state index contributed by atoms with van der Waals surface area (Å²) in [5, 5.41) is 3.38. The van der Waals surface area contributed by atoms with Crippen LogP contribution in [0.15, 0.2) is 12.4 Å². The Morgan fingerprint density at radius 3 is 3.33 bits per heavy atom. The predicted octanol–water partition coefficient (Wildman–Crippen LogP) is 1.90. The van der Waals surface area contributed by atoms with Gasteiger partial charge in [-0.05, 0) is 25.7 Å². The van der Waals surface area contributed by atoms with Gasteiger partial charge in [-0.3, -0.25) is 0 Å². The highest BCUT2D eigenvalue weighted by Crippen LogP contribution is 2.15. The van der Waals surface area contributed by atoms with E-state index in [2.05, 4.69) is 14.9 Å². The lowest BCUT2D eigenvalue weighted by molar-refractivity contribution is 0.107. The molecule has 1 aromatic heterocycles. The van der Waals surface area contributed by atoms with Crippen molar-refractivity contribution in [2.75, 3.05) is 32.2 Å². The Bertz CT molecular complexity index is 335.